The van der Waals surface area contributed by atoms with Crippen molar-refractivity contribution in [3.05, 3.63) is 63.9 Å². The Bertz CT molecular complexity index is 831. The highest BCUT2D eigenvalue weighted by molar-refractivity contribution is 7.98. The average molecular weight is 368 g/mol. The third-order valence-electron chi connectivity index (χ3n) is 3.36. The smallest absolute Gasteiger partial charge is 0.191 e. The van der Waals surface area contributed by atoms with Gasteiger partial charge in [-0.1, -0.05) is 53.2 Å². The van der Waals surface area contributed by atoms with Crippen molar-refractivity contribution < 1.29 is 4.39 Å². The molecular weight excluding hydrogens is 356 g/mol. The maximum Gasteiger partial charge on any atom is 0.191 e. The van der Waals surface area contributed by atoms with Gasteiger partial charge < -0.3 is 4.57 Å². The molecule has 0 N–H and O–H groups in total. The summed E-state index contributed by atoms with van der Waals surface area (Å²) in [6.07, 6.45) is 0. The second kappa shape index (κ2) is 6.91. The minimum Gasteiger partial charge on any atom is -0.305 e. The fourth-order valence-electron chi connectivity index (χ4n) is 2.12. The van der Waals surface area contributed by atoms with E-state index in [0.29, 0.717) is 32.3 Å². The van der Waals surface area contributed by atoms with Gasteiger partial charge in [-0.25, -0.2) is 4.39 Å². The normalized spacial score (nSPS) is 11.0. The van der Waals surface area contributed by atoms with Crippen molar-refractivity contribution in [2.45, 2.75) is 10.9 Å². The lowest BCUT2D eigenvalue weighted by molar-refractivity contribution is 0.628. The standard InChI is InChI=1S/C16H12Cl2FN3S/c1-22-15(10-5-2-3-8-14(10)19)20-21-16(22)23-9-11-12(17)6-4-7-13(11)18/h2-8H,9H2,1H3. The van der Waals surface area contributed by atoms with Crippen LogP contribution in [-0.4, -0.2) is 14.8 Å². The molecule has 0 spiro atoms. The summed E-state index contributed by atoms with van der Waals surface area (Å²) in [4.78, 5) is 0. The fourth-order valence-corrected chi connectivity index (χ4v) is 3.78. The van der Waals surface area contributed by atoms with Crippen molar-refractivity contribution in [1.29, 1.82) is 0 Å². The quantitative estimate of drug-likeness (QED) is 0.592. The maximum atomic E-state index is 13.9. The van der Waals surface area contributed by atoms with Crippen molar-refractivity contribution in [3.8, 4) is 11.4 Å². The minimum atomic E-state index is -0.325. The van der Waals surface area contributed by atoms with Crippen molar-refractivity contribution in [2.24, 2.45) is 7.05 Å². The van der Waals surface area contributed by atoms with E-state index in [9.17, 15) is 4.39 Å². The number of benzene rings is 2. The number of rotatable bonds is 4. The van der Waals surface area contributed by atoms with Crippen LogP contribution in [0.2, 0.25) is 10.0 Å². The Labute approximate surface area is 147 Å². The zero-order valence-corrected chi connectivity index (χ0v) is 14.5. The molecule has 3 nitrogen and oxygen atoms in total. The van der Waals surface area contributed by atoms with E-state index >= 15 is 0 Å². The molecule has 0 unspecified atom stereocenters. The number of halogens is 3. The summed E-state index contributed by atoms with van der Waals surface area (Å²) in [5.41, 5.74) is 1.27. The highest BCUT2D eigenvalue weighted by Crippen LogP contribution is 2.32. The molecule has 0 atom stereocenters. The predicted octanol–water partition coefficient (Wildman–Crippen LogP) is 5.22. The summed E-state index contributed by atoms with van der Waals surface area (Å²) in [7, 11) is 1.80. The summed E-state index contributed by atoms with van der Waals surface area (Å²) in [6, 6.07) is 11.9. The lowest BCUT2D eigenvalue weighted by Crippen LogP contribution is -1.97. The van der Waals surface area contributed by atoms with Gasteiger partial charge in [0.1, 0.15) is 5.82 Å². The van der Waals surface area contributed by atoms with Gasteiger partial charge in [0, 0.05) is 22.8 Å². The van der Waals surface area contributed by atoms with Crippen LogP contribution in [-0.2, 0) is 12.8 Å². The van der Waals surface area contributed by atoms with E-state index in [0.717, 1.165) is 5.56 Å². The van der Waals surface area contributed by atoms with Crippen LogP contribution in [0.5, 0.6) is 0 Å². The average Bonchev–Trinajstić information content (AvgIpc) is 2.88. The summed E-state index contributed by atoms with van der Waals surface area (Å²) in [5, 5.41) is 10.1. The Balaban J connectivity index is 1.85. The molecule has 3 aromatic rings. The molecule has 0 fully saturated rings. The van der Waals surface area contributed by atoms with Crippen LogP contribution in [0.3, 0.4) is 0 Å². The third-order valence-corrected chi connectivity index (χ3v) is 5.11. The van der Waals surface area contributed by atoms with Crippen LogP contribution in [0, 0.1) is 5.82 Å². The molecule has 0 saturated carbocycles. The van der Waals surface area contributed by atoms with Crippen LogP contribution in [0.15, 0.2) is 47.6 Å². The lowest BCUT2D eigenvalue weighted by Gasteiger charge is -2.07. The van der Waals surface area contributed by atoms with Gasteiger partial charge >= 0.3 is 0 Å². The first kappa shape index (κ1) is 16.3. The molecule has 0 amide bonds. The van der Waals surface area contributed by atoms with Gasteiger partial charge in [0.05, 0.1) is 5.56 Å². The number of aromatic nitrogens is 3. The highest BCUT2D eigenvalue weighted by Gasteiger charge is 2.15. The Morgan fingerprint density at radius 2 is 1.74 bits per heavy atom. The molecule has 118 valence electrons. The van der Waals surface area contributed by atoms with E-state index in [-0.39, 0.29) is 5.82 Å². The van der Waals surface area contributed by atoms with Crippen LogP contribution < -0.4 is 0 Å². The molecular formula is C16H12Cl2FN3S. The minimum absolute atomic E-state index is 0.325. The molecule has 23 heavy (non-hydrogen) atoms. The van der Waals surface area contributed by atoms with Crippen molar-refractivity contribution >= 4 is 35.0 Å². The molecule has 2 aromatic carbocycles. The number of thioether (sulfide) groups is 1. The zero-order valence-electron chi connectivity index (χ0n) is 12.1. The number of nitrogens with zero attached hydrogens (tertiary/aromatic N) is 3. The predicted molar refractivity (Wildman–Crippen MR) is 92.4 cm³/mol. The van der Waals surface area contributed by atoms with Crippen LogP contribution in [0.25, 0.3) is 11.4 Å². The first-order valence-electron chi connectivity index (χ1n) is 6.78. The zero-order chi connectivity index (χ0) is 16.4. The van der Waals surface area contributed by atoms with Crippen LogP contribution >= 0.6 is 35.0 Å². The largest absolute Gasteiger partial charge is 0.305 e. The summed E-state index contributed by atoms with van der Waals surface area (Å²) in [6.45, 7) is 0. The lowest BCUT2D eigenvalue weighted by atomic mass is 10.2. The van der Waals surface area contributed by atoms with Gasteiger partial charge in [-0.05, 0) is 29.8 Å². The monoisotopic (exact) mass is 367 g/mol. The molecule has 1 heterocycles. The SMILES string of the molecule is Cn1c(SCc2c(Cl)cccc2Cl)nnc1-c1ccccc1F. The van der Waals surface area contributed by atoms with Gasteiger partial charge in [0.2, 0.25) is 0 Å². The van der Waals surface area contributed by atoms with Gasteiger partial charge in [-0.15, -0.1) is 10.2 Å². The topological polar surface area (TPSA) is 30.7 Å². The molecule has 1 aromatic heterocycles. The first-order chi connectivity index (χ1) is 11.1. The van der Waals surface area contributed by atoms with Gasteiger partial charge in [-0.3, -0.25) is 0 Å². The molecule has 7 heteroatoms. The molecule has 0 aliphatic carbocycles. The fraction of sp³-hybridized carbons (Fsp3) is 0.125. The van der Waals surface area contributed by atoms with Crippen molar-refractivity contribution in [1.82, 2.24) is 14.8 Å². The van der Waals surface area contributed by atoms with E-state index in [1.165, 1.54) is 17.8 Å². The second-order valence-electron chi connectivity index (χ2n) is 4.83. The van der Waals surface area contributed by atoms with Crippen LogP contribution in [0.4, 0.5) is 4.39 Å². The molecule has 0 bridgehead atoms. The van der Waals surface area contributed by atoms with Gasteiger partial charge in [0.25, 0.3) is 0 Å². The van der Waals surface area contributed by atoms with E-state index in [1.807, 2.05) is 0 Å². The maximum absolute atomic E-state index is 13.9. The Hall–Kier alpha value is -1.56. The second-order valence-corrected chi connectivity index (χ2v) is 6.59. The van der Waals surface area contributed by atoms with E-state index in [2.05, 4.69) is 10.2 Å². The molecule has 0 aliphatic heterocycles. The van der Waals surface area contributed by atoms with E-state index in [4.69, 9.17) is 23.2 Å². The van der Waals surface area contributed by atoms with Gasteiger partial charge in [-0.2, -0.15) is 0 Å². The van der Waals surface area contributed by atoms with Crippen LogP contribution in [0.1, 0.15) is 5.56 Å². The van der Waals surface area contributed by atoms with E-state index in [1.54, 1.807) is 48.0 Å². The molecule has 0 aliphatic rings. The highest BCUT2D eigenvalue weighted by atomic mass is 35.5. The number of hydrogen-bond acceptors (Lipinski definition) is 3. The molecule has 3 rings (SSSR count). The van der Waals surface area contributed by atoms with Gasteiger partial charge in [0.15, 0.2) is 11.0 Å². The van der Waals surface area contributed by atoms with Crippen molar-refractivity contribution in [3.63, 3.8) is 0 Å². The summed E-state index contributed by atoms with van der Waals surface area (Å²) < 4.78 is 15.7. The molecule has 0 saturated heterocycles. The Morgan fingerprint density at radius 1 is 1.04 bits per heavy atom. The van der Waals surface area contributed by atoms with Crippen molar-refractivity contribution in [2.75, 3.05) is 0 Å². The number of hydrogen-bond donors (Lipinski definition) is 0. The summed E-state index contributed by atoms with van der Waals surface area (Å²) in [5.74, 6) is 0.714. The first-order valence-corrected chi connectivity index (χ1v) is 8.52. The summed E-state index contributed by atoms with van der Waals surface area (Å²) >= 11 is 13.8. The Morgan fingerprint density at radius 3 is 2.43 bits per heavy atom. The van der Waals surface area contributed by atoms with E-state index < -0.39 is 0 Å². The molecule has 0 radical (unpaired) electrons. The Kier molecular flexibility index (Phi) is 4.90. The third kappa shape index (κ3) is 3.37.